The fourth-order valence-electron chi connectivity index (χ4n) is 4.26. The first-order valence-electron chi connectivity index (χ1n) is 10.7. The number of nitrogens with zero attached hydrogens (tertiary/aromatic N) is 1. The summed E-state index contributed by atoms with van der Waals surface area (Å²) >= 11 is 0. The molecule has 0 saturated heterocycles. The van der Waals surface area contributed by atoms with Gasteiger partial charge in [-0.3, -0.25) is 4.79 Å². The van der Waals surface area contributed by atoms with Crippen molar-refractivity contribution in [2.24, 2.45) is 0 Å². The van der Waals surface area contributed by atoms with Gasteiger partial charge < -0.3 is 16.8 Å². The van der Waals surface area contributed by atoms with E-state index in [-0.39, 0.29) is 41.4 Å². The summed E-state index contributed by atoms with van der Waals surface area (Å²) in [6.07, 6.45) is 4.70. The summed E-state index contributed by atoms with van der Waals surface area (Å²) in [7, 11) is 0. The molecule has 0 unspecified atom stereocenters. The molecule has 1 N–H and O–H groups in total. The van der Waals surface area contributed by atoms with Crippen molar-refractivity contribution in [1.82, 2.24) is 0 Å². The number of carboxylic acids is 1. The van der Waals surface area contributed by atoms with E-state index < -0.39 is 5.97 Å². The molecule has 0 bridgehead atoms. The van der Waals surface area contributed by atoms with Crippen molar-refractivity contribution in [1.29, 1.82) is 0 Å². The Balaban J connectivity index is 0.00000320. The Hall–Kier alpha value is -1.36. The van der Waals surface area contributed by atoms with E-state index in [9.17, 15) is 4.79 Å². The van der Waals surface area contributed by atoms with Crippen LogP contribution in [0.5, 0.6) is 5.75 Å². The topological polar surface area (TPSA) is 49.5 Å². The van der Waals surface area contributed by atoms with E-state index in [4.69, 9.17) is 9.84 Å². The second-order valence-electron chi connectivity index (χ2n) is 8.46. The van der Waals surface area contributed by atoms with Crippen molar-refractivity contribution in [2.75, 3.05) is 13.2 Å². The van der Waals surface area contributed by atoms with Gasteiger partial charge >= 0.3 is 35.5 Å². The molecule has 0 aliphatic carbocycles. The summed E-state index contributed by atoms with van der Waals surface area (Å²) in [4.78, 5) is 10.6. The second kappa shape index (κ2) is 10.8. The van der Waals surface area contributed by atoms with E-state index in [1.807, 2.05) is 6.07 Å². The third-order valence-corrected chi connectivity index (χ3v) is 6.13. The van der Waals surface area contributed by atoms with Crippen molar-refractivity contribution in [3.8, 4) is 5.75 Å². The Kier molecular flexibility index (Phi) is 8.96. The Morgan fingerprint density at radius 2 is 1.87 bits per heavy atom. The second-order valence-corrected chi connectivity index (χ2v) is 8.46. The maximum Gasteiger partial charge on any atom is 1.00 e. The maximum absolute atomic E-state index is 10.6. The van der Waals surface area contributed by atoms with Crippen LogP contribution in [0.15, 0.2) is 30.3 Å². The molecule has 4 nitrogen and oxygen atoms in total. The summed E-state index contributed by atoms with van der Waals surface area (Å²) < 4.78 is 8.45. The minimum absolute atomic E-state index is 0. The van der Waals surface area contributed by atoms with Crippen LogP contribution in [-0.4, -0.2) is 34.5 Å². The molecule has 0 spiro atoms. The van der Waals surface area contributed by atoms with E-state index in [1.54, 1.807) is 0 Å². The predicted octanol–water partition coefficient (Wildman–Crippen LogP) is 2.88. The van der Waals surface area contributed by atoms with Crippen LogP contribution in [0.4, 0.5) is 5.69 Å². The van der Waals surface area contributed by atoms with Gasteiger partial charge in [0.1, 0.15) is 12.3 Å². The van der Waals surface area contributed by atoms with E-state index in [0.717, 1.165) is 38.0 Å². The van der Waals surface area contributed by atoms with Crippen LogP contribution in [0.25, 0.3) is 10.8 Å². The number of benzene rings is 2. The van der Waals surface area contributed by atoms with Crippen LogP contribution >= 0.6 is 0 Å². The van der Waals surface area contributed by atoms with E-state index in [1.165, 1.54) is 27.7 Å². The Morgan fingerprint density at radius 3 is 2.57 bits per heavy atom. The molecular formula is C25H33NNaO3+. The molecule has 0 atom stereocenters. The van der Waals surface area contributed by atoms with Crippen molar-refractivity contribution >= 4 is 28.1 Å². The molecule has 2 aromatic carbocycles. The number of hydrogen-bond acceptors (Lipinski definition) is 2. The number of carbonyl (C=O) groups is 1. The van der Waals surface area contributed by atoms with Crippen LogP contribution < -0.4 is 34.3 Å². The molecule has 0 fully saturated rings. The summed E-state index contributed by atoms with van der Waals surface area (Å²) in [5, 5.41) is 11.2. The van der Waals surface area contributed by atoms with Crippen LogP contribution in [-0.2, 0) is 10.2 Å². The van der Waals surface area contributed by atoms with Crippen molar-refractivity contribution in [3.05, 3.63) is 42.8 Å². The van der Waals surface area contributed by atoms with Gasteiger partial charge in [0.2, 0.25) is 5.69 Å². The molecule has 5 heteroatoms. The number of hydrogen-bond donors (Lipinski definition) is 1. The van der Waals surface area contributed by atoms with Gasteiger partial charge in [-0.2, -0.15) is 11.0 Å². The zero-order valence-electron chi connectivity index (χ0n) is 19.0. The molecule has 1 aliphatic rings. The maximum atomic E-state index is 10.6. The van der Waals surface area contributed by atoms with Gasteiger partial charge in [-0.05, 0) is 68.5 Å². The molecule has 2 aromatic rings. The summed E-state index contributed by atoms with van der Waals surface area (Å²) in [5.41, 5.74) is 4.05. The molecule has 1 heterocycles. The molecule has 0 radical (unpaired) electrons. The van der Waals surface area contributed by atoms with Gasteiger partial charge in [0.15, 0.2) is 5.71 Å². The van der Waals surface area contributed by atoms with Gasteiger partial charge in [-0.15, -0.1) is 0 Å². The number of ether oxygens (including phenoxy) is 1. The van der Waals surface area contributed by atoms with Gasteiger partial charge in [-0.1, -0.05) is 6.07 Å². The Labute approximate surface area is 202 Å². The van der Waals surface area contributed by atoms with Gasteiger partial charge in [-0.25, -0.2) is 0 Å². The van der Waals surface area contributed by atoms with Crippen molar-refractivity contribution < 1.29 is 48.8 Å². The summed E-state index contributed by atoms with van der Waals surface area (Å²) in [6.45, 7) is 12.5. The Bertz CT molecular complexity index is 933. The predicted molar refractivity (Wildman–Crippen MR) is 119 cm³/mol. The Morgan fingerprint density at radius 1 is 1.13 bits per heavy atom. The smallest absolute Gasteiger partial charge is 0.494 e. The number of carboxylic acid groups (broad SMARTS) is 1. The zero-order valence-corrected chi connectivity index (χ0v) is 21.0. The normalized spacial score (nSPS) is 14.5. The van der Waals surface area contributed by atoms with Crippen LogP contribution in [0.1, 0.15) is 64.9 Å². The van der Waals surface area contributed by atoms with Crippen LogP contribution in [0.3, 0.4) is 0 Å². The van der Waals surface area contributed by atoms with Gasteiger partial charge in [0, 0.05) is 25.0 Å². The van der Waals surface area contributed by atoms with E-state index >= 15 is 0 Å². The largest absolute Gasteiger partial charge is 1.00 e. The molecular weight excluding hydrogens is 385 g/mol. The third-order valence-electron chi connectivity index (χ3n) is 6.13. The number of aliphatic carboxylic acids is 1. The zero-order chi connectivity index (χ0) is 21.0. The fourth-order valence-corrected chi connectivity index (χ4v) is 4.26. The minimum atomic E-state index is -0.728. The molecule has 0 aromatic heterocycles. The van der Waals surface area contributed by atoms with E-state index in [2.05, 4.69) is 56.5 Å². The summed E-state index contributed by atoms with van der Waals surface area (Å²) in [6, 6.07) is 10.8. The van der Waals surface area contributed by atoms with Crippen LogP contribution in [0, 0.1) is 6.92 Å². The molecule has 3 rings (SSSR count). The fraction of sp³-hybridized carbons (Fsp3) is 0.480. The number of rotatable bonds is 10. The third kappa shape index (κ3) is 5.27. The van der Waals surface area contributed by atoms with Gasteiger partial charge in [0.25, 0.3) is 0 Å². The average molecular weight is 419 g/mol. The first-order chi connectivity index (χ1) is 13.9. The number of fused-ring (bicyclic) bond motifs is 3. The molecule has 0 saturated carbocycles. The summed E-state index contributed by atoms with van der Waals surface area (Å²) in [5.74, 6) is 0.155. The first kappa shape index (κ1) is 24.9. The van der Waals surface area contributed by atoms with Crippen LogP contribution in [0.2, 0.25) is 0 Å². The molecule has 156 valence electrons. The molecule has 0 amide bonds. The first-order valence-corrected chi connectivity index (χ1v) is 10.7. The monoisotopic (exact) mass is 418 g/mol. The molecule has 1 aliphatic heterocycles. The van der Waals surface area contributed by atoms with E-state index in [0.29, 0.717) is 13.0 Å². The molecule has 30 heavy (non-hydrogen) atoms. The number of unbranched alkanes of at least 4 members (excludes halogenated alkanes) is 3. The van der Waals surface area contributed by atoms with Gasteiger partial charge in [0.05, 0.1) is 12.0 Å². The minimum Gasteiger partial charge on any atom is -0.494 e. The standard InChI is InChI=1S/C25H33NO3.Na/c1-5-6-15-26-18(2)25(3,4)24-21-17-20(13-11-19(21)12-14-22(24)26)29-16-9-7-8-10-23(27)28;/h11-14,17H,1,5-10,15-16H2,2-4H3,(H,27,28);/q;+1. The average Bonchev–Trinajstić information content (AvgIpc) is 2.88. The van der Waals surface area contributed by atoms with Crippen molar-refractivity contribution in [2.45, 2.75) is 64.7 Å². The quantitative estimate of drug-likeness (QED) is 0.279. The SMILES string of the molecule is [CH2-]CCC[N+]1=C(C)C(C)(C)c2c1ccc1ccc(OCCCCCC(=O)O)cc21.[Na+]. The van der Waals surface area contributed by atoms with Crippen molar-refractivity contribution in [3.63, 3.8) is 0 Å².